The molecule has 2 aromatic rings. The minimum Gasteiger partial charge on any atom is -0.507 e. The summed E-state index contributed by atoms with van der Waals surface area (Å²) in [5.41, 5.74) is 1.67. The van der Waals surface area contributed by atoms with Crippen LogP contribution in [0, 0.1) is 0 Å². The molecule has 1 heterocycles. The summed E-state index contributed by atoms with van der Waals surface area (Å²) in [6.45, 7) is 0. The molecule has 1 N–H and O–H groups in total. The van der Waals surface area contributed by atoms with Gasteiger partial charge in [-0.3, -0.25) is 4.79 Å². The number of methoxy groups -OCH3 is 1. The summed E-state index contributed by atoms with van der Waals surface area (Å²) in [5.74, 6) is 0.414. The van der Waals surface area contributed by atoms with Gasteiger partial charge in [0.1, 0.15) is 11.5 Å². The topological polar surface area (TPSA) is 62.1 Å². The Balaban J connectivity index is 1.94. The van der Waals surface area contributed by atoms with E-state index in [0.717, 1.165) is 0 Å². The minimum atomic E-state index is -0.160. The Bertz CT molecular complexity index is 756. The van der Waals surface area contributed by atoms with Crippen molar-refractivity contribution < 1.29 is 14.6 Å². The molecule has 1 aliphatic heterocycles. The molecule has 0 bridgehead atoms. The summed E-state index contributed by atoms with van der Waals surface area (Å²) in [6.07, 6.45) is 0.127. The van der Waals surface area contributed by atoms with Crippen molar-refractivity contribution in [3.63, 3.8) is 0 Å². The van der Waals surface area contributed by atoms with Gasteiger partial charge in [-0.2, -0.15) is 5.10 Å². The fourth-order valence-corrected chi connectivity index (χ4v) is 2.37. The SMILES string of the molecule is COc1ccc(C2=NN(c3ccc(Cl)cc3)C(=O)C2)c(O)c1. The largest absolute Gasteiger partial charge is 0.507 e. The van der Waals surface area contributed by atoms with Gasteiger partial charge in [0.2, 0.25) is 0 Å². The van der Waals surface area contributed by atoms with Crippen LogP contribution in [0.15, 0.2) is 47.6 Å². The molecule has 22 heavy (non-hydrogen) atoms. The van der Waals surface area contributed by atoms with Gasteiger partial charge >= 0.3 is 0 Å². The van der Waals surface area contributed by atoms with E-state index in [2.05, 4.69) is 5.10 Å². The van der Waals surface area contributed by atoms with Crippen molar-refractivity contribution in [1.29, 1.82) is 0 Å². The van der Waals surface area contributed by atoms with E-state index < -0.39 is 0 Å². The van der Waals surface area contributed by atoms with Crippen LogP contribution in [0.25, 0.3) is 0 Å². The molecule has 0 fully saturated rings. The van der Waals surface area contributed by atoms with E-state index in [1.807, 2.05) is 0 Å². The molecule has 3 rings (SSSR count). The highest BCUT2D eigenvalue weighted by molar-refractivity contribution is 6.30. The number of benzene rings is 2. The van der Waals surface area contributed by atoms with E-state index in [9.17, 15) is 9.90 Å². The third kappa shape index (κ3) is 2.63. The smallest absolute Gasteiger partial charge is 0.253 e. The monoisotopic (exact) mass is 316 g/mol. The molecule has 6 heteroatoms. The molecule has 0 aromatic heterocycles. The lowest BCUT2D eigenvalue weighted by atomic mass is 10.1. The predicted octanol–water partition coefficient (Wildman–Crippen LogP) is 3.20. The summed E-state index contributed by atoms with van der Waals surface area (Å²) in [7, 11) is 1.52. The number of hydrazone groups is 1. The molecular weight excluding hydrogens is 304 g/mol. The quantitative estimate of drug-likeness (QED) is 0.946. The Morgan fingerprint density at radius 1 is 1.23 bits per heavy atom. The molecule has 0 radical (unpaired) electrons. The number of anilines is 1. The highest BCUT2D eigenvalue weighted by atomic mass is 35.5. The molecular formula is C16H13ClN2O3. The number of hydrogen-bond donors (Lipinski definition) is 1. The van der Waals surface area contributed by atoms with Crippen molar-refractivity contribution in [1.82, 2.24) is 0 Å². The maximum Gasteiger partial charge on any atom is 0.253 e. The van der Waals surface area contributed by atoms with Crippen molar-refractivity contribution in [3.05, 3.63) is 53.1 Å². The first-order valence-corrected chi connectivity index (χ1v) is 6.99. The molecule has 1 aliphatic rings. The average Bonchev–Trinajstić information content (AvgIpc) is 2.89. The lowest BCUT2D eigenvalue weighted by Gasteiger charge is -2.11. The van der Waals surface area contributed by atoms with E-state index in [1.54, 1.807) is 36.4 Å². The van der Waals surface area contributed by atoms with E-state index in [4.69, 9.17) is 16.3 Å². The van der Waals surface area contributed by atoms with Gasteiger partial charge in [0.15, 0.2) is 0 Å². The van der Waals surface area contributed by atoms with Gasteiger partial charge in [0.25, 0.3) is 5.91 Å². The first kappa shape index (κ1) is 14.4. The van der Waals surface area contributed by atoms with Crippen LogP contribution in [0.4, 0.5) is 5.69 Å². The number of carbonyl (C=O) groups is 1. The van der Waals surface area contributed by atoms with Crippen molar-refractivity contribution in [2.75, 3.05) is 12.1 Å². The number of ether oxygens (including phenoxy) is 1. The average molecular weight is 317 g/mol. The molecule has 5 nitrogen and oxygen atoms in total. The molecule has 0 saturated carbocycles. The van der Waals surface area contributed by atoms with Crippen molar-refractivity contribution in [2.24, 2.45) is 5.10 Å². The molecule has 112 valence electrons. The predicted molar refractivity (Wildman–Crippen MR) is 84.8 cm³/mol. The zero-order chi connectivity index (χ0) is 15.7. The Morgan fingerprint density at radius 3 is 2.59 bits per heavy atom. The summed E-state index contributed by atoms with van der Waals surface area (Å²) < 4.78 is 5.05. The van der Waals surface area contributed by atoms with Crippen LogP contribution in [0.1, 0.15) is 12.0 Å². The molecule has 2 aromatic carbocycles. The second kappa shape index (κ2) is 5.69. The maximum atomic E-state index is 12.1. The van der Waals surface area contributed by atoms with Gasteiger partial charge in [-0.25, -0.2) is 5.01 Å². The van der Waals surface area contributed by atoms with Crippen LogP contribution in [-0.4, -0.2) is 23.8 Å². The van der Waals surface area contributed by atoms with Crippen LogP contribution in [0.2, 0.25) is 5.02 Å². The standard InChI is InChI=1S/C16H13ClN2O3/c1-22-12-6-7-13(15(20)8-12)14-9-16(21)19(18-14)11-4-2-10(17)3-5-11/h2-8,20H,9H2,1H3. The van der Waals surface area contributed by atoms with Crippen LogP contribution >= 0.6 is 11.6 Å². The van der Waals surface area contributed by atoms with Crippen LogP contribution < -0.4 is 9.75 Å². The number of carbonyl (C=O) groups excluding carboxylic acids is 1. The van der Waals surface area contributed by atoms with Gasteiger partial charge in [-0.1, -0.05) is 11.6 Å². The Labute approximate surface area is 132 Å². The summed E-state index contributed by atoms with van der Waals surface area (Å²) in [5, 5.41) is 16.3. The van der Waals surface area contributed by atoms with Gasteiger partial charge in [-0.05, 0) is 36.4 Å². The molecule has 0 spiro atoms. The van der Waals surface area contributed by atoms with Crippen molar-refractivity contribution >= 4 is 28.9 Å². The zero-order valence-electron chi connectivity index (χ0n) is 11.8. The van der Waals surface area contributed by atoms with Crippen molar-refractivity contribution in [2.45, 2.75) is 6.42 Å². The Morgan fingerprint density at radius 2 is 1.95 bits per heavy atom. The van der Waals surface area contributed by atoms with E-state index in [0.29, 0.717) is 27.7 Å². The summed E-state index contributed by atoms with van der Waals surface area (Å²) >= 11 is 5.84. The zero-order valence-corrected chi connectivity index (χ0v) is 12.5. The first-order valence-electron chi connectivity index (χ1n) is 6.62. The Hall–Kier alpha value is -2.53. The fourth-order valence-electron chi connectivity index (χ4n) is 2.25. The van der Waals surface area contributed by atoms with Gasteiger partial charge in [-0.15, -0.1) is 0 Å². The number of rotatable bonds is 3. The molecule has 0 saturated heterocycles. The summed E-state index contributed by atoms with van der Waals surface area (Å²) in [4.78, 5) is 12.1. The number of halogens is 1. The summed E-state index contributed by atoms with van der Waals surface area (Å²) in [6, 6.07) is 11.7. The molecule has 0 atom stereocenters. The highest BCUT2D eigenvalue weighted by Gasteiger charge is 2.27. The number of nitrogens with zero attached hydrogens (tertiary/aromatic N) is 2. The van der Waals surface area contributed by atoms with Gasteiger partial charge in [0, 0.05) is 16.7 Å². The van der Waals surface area contributed by atoms with Crippen LogP contribution in [0.5, 0.6) is 11.5 Å². The maximum absolute atomic E-state index is 12.1. The number of phenols is 1. The van der Waals surface area contributed by atoms with E-state index in [1.165, 1.54) is 18.2 Å². The second-order valence-electron chi connectivity index (χ2n) is 4.79. The highest BCUT2D eigenvalue weighted by Crippen LogP contribution is 2.29. The van der Waals surface area contributed by atoms with E-state index in [-0.39, 0.29) is 18.1 Å². The third-order valence-electron chi connectivity index (χ3n) is 3.36. The second-order valence-corrected chi connectivity index (χ2v) is 5.22. The van der Waals surface area contributed by atoms with Crippen LogP contribution in [-0.2, 0) is 4.79 Å². The normalized spacial score (nSPS) is 14.2. The minimum absolute atomic E-state index is 0.0313. The molecule has 1 amide bonds. The number of phenolic OH excluding ortho intramolecular Hbond substituents is 1. The van der Waals surface area contributed by atoms with Crippen LogP contribution in [0.3, 0.4) is 0 Å². The first-order chi connectivity index (χ1) is 10.6. The Kier molecular flexibility index (Phi) is 3.73. The fraction of sp³-hybridized carbons (Fsp3) is 0.125. The lowest BCUT2D eigenvalue weighted by Crippen LogP contribution is -2.19. The van der Waals surface area contributed by atoms with Crippen molar-refractivity contribution in [3.8, 4) is 11.5 Å². The lowest BCUT2D eigenvalue weighted by molar-refractivity contribution is -0.116. The molecule has 0 unspecified atom stereocenters. The van der Waals surface area contributed by atoms with Gasteiger partial charge in [0.05, 0.1) is 24.9 Å². The van der Waals surface area contributed by atoms with E-state index >= 15 is 0 Å². The van der Waals surface area contributed by atoms with Gasteiger partial charge < -0.3 is 9.84 Å². The third-order valence-corrected chi connectivity index (χ3v) is 3.61. The number of amides is 1. The number of aromatic hydroxyl groups is 1. The number of hydrogen-bond acceptors (Lipinski definition) is 4. The molecule has 0 aliphatic carbocycles.